The summed E-state index contributed by atoms with van der Waals surface area (Å²) < 4.78 is 43.5. The number of hydrogen-bond donors (Lipinski definition) is 0. The van der Waals surface area contributed by atoms with Gasteiger partial charge in [-0.05, 0) is 36.8 Å². The second-order valence-corrected chi connectivity index (χ2v) is 6.66. The Labute approximate surface area is 127 Å². The van der Waals surface area contributed by atoms with Crippen LogP contribution in [-0.4, -0.2) is 13.4 Å². The van der Waals surface area contributed by atoms with E-state index in [1.807, 2.05) is 0 Å². The SMILES string of the molecule is Cc1ccc(F)cc1-c1nc(S(=O)(=O)c2ccccc2)co1. The normalized spacial score (nSPS) is 11.5. The number of aryl methyl sites for hydroxylation is 1. The second-order valence-electron chi connectivity index (χ2n) is 4.77. The molecule has 0 saturated heterocycles. The lowest BCUT2D eigenvalue weighted by Crippen LogP contribution is -2.02. The third-order valence-electron chi connectivity index (χ3n) is 3.24. The molecular formula is C16H12FNO3S. The zero-order valence-electron chi connectivity index (χ0n) is 11.7. The Morgan fingerprint density at radius 3 is 2.55 bits per heavy atom. The van der Waals surface area contributed by atoms with Crippen LogP contribution in [0.5, 0.6) is 0 Å². The zero-order valence-corrected chi connectivity index (χ0v) is 12.5. The Balaban J connectivity index is 2.06. The largest absolute Gasteiger partial charge is 0.443 e. The van der Waals surface area contributed by atoms with Crippen LogP contribution < -0.4 is 0 Å². The first-order valence-corrected chi connectivity index (χ1v) is 7.99. The summed E-state index contributed by atoms with van der Waals surface area (Å²) in [7, 11) is -3.75. The summed E-state index contributed by atoms with van der Waals surface area (Å²) in [6.07, 6.45) is 1.07. The Morgan fingerprint density at radius 1 is 1.09 bits per heavy atom. The third-order valence-corrected chi connectivity index (χ3v) is 4.87. The van der Waals surface area contributed by atoms with Gasteiger partial charge in [-0.1, -0.05) is 24.3 Å². The Bertz CT molecular complexity index is 918. The minimum Gasteiger partial charge on any atom is -0.443 e. The molecule has 3 aromatic rings. The fourth-order valence-electron chi connectivity index (χ4n) is 2.05. The lowest BCUT2D eigenvalue weighted by Gasteiger charge is -2.01. The summed E-state index contributed by atoms with van der Waals surface area (Å²) in [4.78, 5) is 4.14. The number of halogens is 1. The number of rotatable bonds is 3. The van der Waals surface area contributed by atoms with Crippen LogP contribution in [0.25, 0.3) is 11.5 Å². The smallest absolute Gasteiger partial charge is 0.227 e. The fourth-order valence-corrected chi connectivity index (χ4v) is 3.19. The minimum absolute atomic E-state index is 0.0755. The van der Waals surface area contributed by atoms with Crippen LogP contribution in [0.1, 0.15) is 5.56 Å². The van der Waals surface area contributed by atoms with Crippen molar-refractivity contribution in [1.29, 1.82) is 0 Å². The van der Waals surface area contributed by atoms with Crippen LogP contribution in [0.15, 0.2) is 69.1 Å². The molecule has 4 nitrogen and oxygen atoms in total. The van der Waals surface area contributed by atoms with Crippen LogP contribution >= 0.6 is 0 Å². The molecule has 0 N–H and O–H groups in total. The molecule has 1 aromatic heterocycles. The van der Waals surface area contributed by atoms with Crippen molar-refractivity contribution in [3.8, 4) is 11.5 Å². The van der Waals surface area contributed by atoms with Crippen molar-refractivity contribution in [2.24, 2.45) is 0 Å². The van der Waals surface area contributed by atoms with E-state index < -0.39 is 15.7 Å². The maximum Gasteiger partial charge on any atom is 0.227 e. The van der Waals surface area contributed by atoms with Gasteiger partial charge in [0.05, 0.1) is 4.90 Å². The average Bonchev–Trinajstić information content (AvgIpc) is 3.01. The maximum absolute atomic E-state index is 13.4. The summed E-state index contributed by atoms with van der Waals surface area (Å²) >= 11 is 0. The van der Waals surface area contributed by atoms with Crippen LogP contribution in [0, 0.1) is 12.7 Å². The molecule has 0 aliphatic rings. The van der Waals surface area contributed by atoms with E-state index in [4.69, 9.17) is 4.42 Å². The number of benzene rings is 2. The highest BCUT2D eigenvalue weighted by Gasteiger charge is 2.23. The van der Waals surface area contributed by atoms with Crippen molar-refractivity contribution in [3.05, 3.63) is 66.2 Å². The van der Waals surface area contributed by atoms with Crippen LogP contribution in [-0.2, 0) is 9.84 Å². The lowest BCUT2D eigenvalue weighted by molar-refractivity contribution is 0.564. The first-order valence-electron chi connectivity index (χ1n) is 6.50. The van der Waals surface area contributed by atoms with Crippen molar-refractivity contribution in [1.82, 2.24) is 4.98 Å². The fraction of sp³-hybridized carbons (Fsp3) is 0.0625. The van der Waals surface area contributed by atoms with E-state index in [0.717, 1.165) is 11.8 Å². The van der Waals surface area contributed by atoms with Gasteiger partial charge in [0.2, 0.25) is 15.7 Å². The van der Waals surface area contributed by atoms with Crippen LogP contribution in [0.3, 0.4) is 0 Å². The molecule has 112 valence electrons. The summed E-state index contributed by atoms with van der Waals surface area (Å²) in [6, 6.07) is 12.1. The van der Waals surface area contributed by atoms with Gasteiger partial charge in [0, 0.05) is 5.56 Å². The van der Waals surface area contributed by atoms with Gasteiger partial charge >= 0.3 is 0 Å². The van der Waals surface area contributed by atoms with E-state index in [1.165, 1.54) is 24.3 Å². The van der Waals surface area contributed by atoms with E-state index in [-0.39, 0.29) is 15.8 Å². The molecular weight excluding hydrogens is 305 g/mol. The van der Waals surface area contributed by atoms with Crippen LogP contribution in [0.4, 0.5) is 4.39 Å². The van der Waals surface area contributed by atoms with Crippen molar-refractivity contribution in [3.63, 3.8) is 0 Å². The molecule has 0 aliphatic carbocycles. The van der Waals surface area contributed by atoms with E-state index in [9.17, 15) is 12.8 Å². The highest BCUT2D eigenvalue weighted by Crippen LogP contribution is 2.27. The Hall–Kier alpha value is -2.47. The zero-order chi connectivity index (χ0) is 15.7. The molecule has 0 fully saturated rings. The predicted octanol–water partition coefficient (Wildman–Crippen LogP) is 3.62. The van der Waals surface area contributed by atoms with Crippen molar-refractivity contribution in [2.45, 2.75) is 16.8 Å². The van der Waals surface area contributed by atoms with E-state index >= 15 is 0 Å². The quantitative estimate of drug-likeness (QED) is 0.740. The van der Waals surface area contributed by atoms with Gasteiger partial charge in [-0.25, -0.2) is 12.8 Å². The molecule has 0 amide bonds. The van der Waals surface area contributed by atoms with E-state index in [0.29, 0.717) is 5.56 Å². The topological polar surface area (TPSA) is 60.2 Å². The molecule has 0 atom stereocenters. The van der Waals surface area contributed by atoms with Crippen LogP contribution in [0.2, 0.25) is 0 Å². The molecule has 2 aromatic carbocycles. The molecule has 0 unspecified atom stereocenters. The number of sulfone groups is 1. The molecule has 22 heavy (non-hydrogen) atoms. The number of nitrogens with zero attached hydrogens (tertiary/aromatic N) is 1. The molecule has 1 heterocycles. The first-order chi connectivity index (χ1) is 10.5. The Morgan fingerprint density at radius 2 is 1.82 bits per heavy atom. The highest BCUT2D eigenvalue weighted by atomic mass is 32.2. The summed E-state index contributed by atoms with van der Waals surface area (Å²) in [5.74, 6) is -0.363. The van der Waals surface area contributed by atoms with E-state index in [2.05, 4.69) is 4.98 Å². The second kappa shape index (κ2) is 5.38. The highest BCUT2D eigenvalue weighted by molar-refractivity contribution is 7.91. The van der Waals surface area contributed by atoms with Gasteiger partial charge in [-0.3, -0.25) is 0 Å². The molecule has 0 saturated carbocycles. The number of hydrogen-bond acceptors (Lipinski definition) is 4. The van der Waals surface area contributed by atoms with E-state index in [1.54, 1.807) is 31.2 Å². The Kier molecular flexibility index (Phi) is 3.54. The van der Waals surface area contributed by atoms with Crippen molar-refractivity contribution >= 4 is 9.84 Å². The standard InChI is InChI=1S/C16H12FNO3S/c1-11-7-8-12(17)9-14(11)16-18-15(10-21-16)22(19,20)13-5-3-2-4-6-13/h2-10H,1H3. The van der Waals surface area contributed by atoms with Gasteiger partial charge in [-0.15, -0.1) is 0 Å². The number of oxazole rings is 1. The first kappa shape index (κ1) is 14.5. The predicted molar refractivity (Wildman–Crippen MR) is 78.5 cm³/mol. The third kappa shape index (κ3) is 2.53. The summed E-state index contributed by atoms with van der Waals surface area (Å²) in [5.41, 5.74) is 1.17. The van der Waals surface area contributed by atoms with Gasteiger partial charge in [-0.2, -0.15) is 4.98 Å². The van der Waals surface area contributed by atoms with Gasteiger partial charge in [0.25, 0.3) is 0 Å². The molecule has 0 radical (unpaired) electrons. The summed E-state index contributed by atoms with van der Waals surface area (Å²) in [5, 5.41) is -0.197. The minimum atomic E-state index is -3.75. The van der Waals surface area contributed by atoms with Gasteiger partial charge in [0.1, 0.15) is 12.1 Å². The van der Waals surface area contributed by atoms with Gasteiger partial charge < -0.3 is 4.42 Å². The van der Waals surface area contributed by atoms with Crippen molar-refractivity contribution in [2.75, 3.05) is 0 Å². The molecule has 3 rings (SSSR count). The monoisotopic (exact) mass is 317 g/mol. The van der Waals surface area contributed by atoms with Crippen molar-refractivity contribution < 1.29 is 17.2 Å². The molecule has 0 bridgehead atoms. The lowest BCUT2D eigenvalue weighted by atomic mass is 10.1. The number of aromatic nitrogens is 1. The van der Waals surface area contributed by atoms with Gasteiger partial charge in [0.15, 0.2) is 5.03 Å². The maximum atomic E-state index is 13.4. The summed E-state index contributed by atoms with van der Waals surface area (Å²) in [6.45, 7) is 1.77. The average molecular weight is 317 g/mol. The molecule has 0 spiro atoms. The molecule has 6 heteroatoms. The molecule has 0 aliphatic heterocycles.